The number of amides is 3. The summed E-state index contributed by atoms with van der Waals surface area (Å²) in [6, 6.07) is 13.8. The number of piperazine rings is 1. The lowest BCUT2D eigenvalue weighted by Gasteiger charge is -2.34. The first-order chi connectivity index (χ1) is 15.6. The lowest BCUT2D eigenvalue weighted by molar-refractivity contribution is -0.129. The van der Waals surface area contributed by atoms with Crippen molar-refractivity contribution >= 4 is 33.3 Å². The van der Waals surface area contributed by atoms with Gasteiger partial charge in [-0.3, -0.25) is 9.52 Å². The summed E-state index contributed by atoms with van der Waals surface area (Å²) in [7, 11) is -3.87. The van der Waals surface area contributed by atoms with E-state index >= 15 is 0 Å². The van der Waals surface area contributed by atoms with Crippen LogP contribution in [-0.4, -0.2) is 68.2 Å². The molecule has 0 radical (unpaired) electrons. The van der Waals surface area contributed by atoms with Crippen molar-refractivity contribution in [3.8, 4) is 5.75 Å². The maximum atomic E-state index is 12.6. The van der Waals surface area contributed by atoms with Gasteiger partial charge >= 0.3 is 6.03 Å². The van der Waals surface area contributed by atoms with E-state index in [1.54, 1.807) is 29.2 Å². The number of carbonyl (C=O) groups is 2. The van der Waals surface area contributed by atoms with Crippen molar-refractivity contribution in [3.05, 3.63) is 54.1 Å². The molecule has 0 bridgehead atoms. The lowest BCUT2D eigenvalue weighted by atomic mass is 10.2. The first-order valence-corrected chi connectivity index (χ1v) is 12.4. The van der Waals surface area contributed by atoms with Crippen molar-refractivity contribution < 1.29 is 22.7 Å². The van der Waals surface area contributed by atoms with Crippen LogP contribution in [0.5, 0.6) is 5.75 Å². The zero-order valence-electron chi connectivity index (χ0n) is 19.1. The van der Waals surface area contributed by atoms with E-state index in [9.17, 15) is 18.0 Å². The number of ether oxygens (including phenoxy) is 1. The molecule has 0 atom stereocenters. The topological polar surface area (TPSA) is 108 Å². The summed E-state index contributed by atoms with van der Waals surface area (Å²) in [4.78, 5) is 28.1. The quantitative estimate of drug-likeness (QED) is 0.642. The fraction of sp³-hybridized carbons (Fsp3) is 0.391. The fourth-order valence-corrected chi connectivity index (χ4v) is 4.50. The molecule has 9 nitrogen and oxygen atoms in total. The Balaban J connectivity index is 1.48. The predicted octanol–water partition coefficient (Wildman–Crippen LogP) is 2.90. The van der Waals surface area contributed by atoms with Gasteiger partial charge in [0.1, 0.15) is 11.5 Å². The zero-order chi connectivity index (χ0) is 24.0. The Morgan fingerprint density at radius 1 is 0.970 bits per heavy atom. The van der Waals surface area contributed by atoms with E-state index in [0.717, 1.165) is 5.56 Å². The van der Waals surface area contributed by atoms with Crippen LogP contribution in [0.15, 0.2) is 48.5 Å². The molecule has 0 aliphatic carbocycles. The van der Waals surface area contributed by atoms with Crippen LogP contribution in [0.1, 0.15) is 19.4 Å². The van der Waals surface area contributed by atoms with Crippen LogP contribution in [0, 0.1) is 6.92 Å². The van der Waals surface area contributed by atoms with Gasteiger partial charge in [0.2, 0.25) is 15.9 Å². The second-order valence-electron chi connectivity index (χ2n) is 8.22. The molecule has 2 aromatic carbocycles. The lowest BCUT2D eigenvalue weighted by Crippen LogP contribution is -2.52. The van der Waals surface area contributed by atoms with Gasteiger partial charge < -0.3 is 19.9 Å². The van der Waals surface area contributed by atoms with Crippen LogP contribution in [0.3, 0.4) is 0 Å². The maximum absolute atomic E-state index is 12.6. The highest BCUT2D eigenvalue weighted by atomic mass is 32.2. The average molecular weight is 475 g/mol. The summed E-state index contributed by atoms with van der Waals surface area (Å²) < 4.78 is 32.9. The van der Waals surface area contributed by atoms with E-state index in [1.165, 1.54) is 4.90 Å². The largest absolute Gasteiger partial charge is 0.491 e. The van der Waals surface area contributed by atoms with Crippen molar-refractivity contribution in [1.82, 2.24) is 9.80 Å². The average Bonchev–Trinajstić information content (AvgIpc) is 2.74. The SMILES string of the molecule is Cc1cccc(NC(=O)N2CCN(C(=O)CS(=O)(=O)Nc3ccc(OC(C)C)cc3)CC2)c1. The molecule has 178 valence electrons. The van der Waals surface area contributed by atoms with Crippen molar-refractivity contribution in [1.29, 1.82) is 0 Å². The number of hydrogen-bond donors (Lipinski definition) is 2. The minimum Gasteiger partial charge on any atom is -0.491 e. The molecule has 0 saturated carbocycles. The first kappa shape index (κ1) is 24.4. The molecule has 1 aliphatic heterocycles. The third-order valence-electron chi connectivity index (χ3n) is 5.00. The molecule has 0 unspecified atom stereocenters. The van der Waals surface area contributed by atoms with Crippen molar-refractivity contribution in [2.24, 2.45) is 0 Å². The molecule has 2 aromatic rings. The van der Waals surface area contributed by atoms with Gasteiger partial charge in [0.05, 0.1) is 6.10 Å². The van der Waals surface area contributed by atoms with Crippen LogP contribution >= 0.6 is 0 Å². The number of carbonyl (C=O) groups excluding carboxylic acids is 2. The minimum absolute atomic E-state index is 0.0132. The highest BCUT2D eigenvalue weighted by molar-refractivity contribution is 7.93. The summed E-state index contributed by atoms with van der Waals surface area (Å²) in [5.41, 5.74) is 2.11. The number of nitrogens with one attached hydrogen (secondary N) is 2. The zero-order valence-corrected chi connectivity index (χ0v) is 19.9. The molecule has 1 heterocycles. The molecular formula is C23H30N4O5S. The Bertz CT molecular complexity index is 1080. The Morgan fingerprint density at radius 3 is 2.21 bits per heavy atom. The molecule has 1 fully saturated rings. The number of rotatable bonds is 7. The third kappa shape index (κ3) is 7.38. The predicted molar refractivity (Wildman–Crippen MR) is 128 cm³/mol. The summed E-state index contributed by atoms with van der Waals surface area (Å²) in [6.45, 7) is 6.95. The number of nitrogens with zero attached hydrogens (tertiary/aromatic N) is 2. The van der Waals surface area contributed by atoms with Gasteiger partial charge in [-0.1, -0.05) is 12.1 Å². The molecule has 1 saturated heterocycles. The standard InChI is InChI=1S/C23H30N4O5S/c1-17(2)32-21-9-7-19(8-10-21)25-33(30,31)16-22(28)26-11-13-27(14-12-26)23(29)24-20-6-4-5-18(3)15-20/h4-10,15,17,25H,11-14,16H2,1-3H3,(H,24,29). The van der Waals surface area contributed by atoms with Crippen LogP contribution in [0.25, 0.3) is 0 Å². The molecule has 3 rings (SSSR count). The maximum Gasteiger partial charge on any atom is 0.321 e. The van der Waals surface area contributed by atoms with E-state index < -0.39 is 21.7 Å². The number of urea groups is 1. The first-order valence-electron chi connectivity index (χ1n) is 10.8. The summed E-state index contributed by atoms with van der Waals surface area (Å²) in [6.07, 6.45) is 0.0132. The van der Waals surface area contributed by atoms with Crippen LogP contribution < -0.4 is 14.8 Å². The second-order valence-corrected chi connectivity index (χ2v) is 9.94. The third-order valence-corrected chi connectivity index (χ3v) is 6.18. The van der Waals surface area contributed by atoms with E-state index in [0.29, 0.717) is 30.2 Å². The van der Waals surface area contributed by atoms with Crippen LogP contribution in [0.4, 0.5) is 16.2 Å². The second kappa shape index (κ2) is 10.6. The number of aryl methyl sites for hydroxylation is 1. The Hall–Kier alpha value is -3.27. The summed E-state index contributed by atoms with van der Waals surface area (Å²) in [5.74, 6) is -0.526. The molecular weight excluding hydrogens is 444 g/mol. The van der Waals surface area contributed by atoms with E-state index in [-0.39, 0.29) is 25.2 Å². The number of sulfonamides is 1. The normalized spacial score (nSPS) is 14.2. The fourth-order valence-electron chi connectivity index (χ4n) is 3.43. The van der Waals surface area contributed by atoms with Crippen LogP contribution in [0.2, 0.25) is 0 Å². The Labute approximate surface area is 194 Å². The van der Waals surface area contributed by atoms with Crippen molar-refractivity contribution in [2.75, 3.05) is 42.0 Å². The monoisotopic (exact) mass is 474 g/mol. The van der Waals surface area contributed by atoms with Gasteiger partial charge in [-0.2, -0.15) is 0 Å². The summed E-state index contributed by atoms with van der Waals surface area (Å²) >= 11 is 0. The highest BCUT2D eigenvalue weighted by Crippen LogP contribution is 2.18. The number of anilines is 2. The van der Waals surface area contributed by atoms with E-state index in [2.05, 4.69) is 10.0 Å². The Kier molecular flexibility index (Phi) is 7.80. The molecule has 33 heavy (non-hydrogen) atoms. The number of hydrogen-bond acceptors (Lipinski definition) is 5. The Morgan fingerprint density at radius 2 is 1.61 bits per heavy atom. The molecule has 10 heteroatoms. The van der Waals surface area contributed by atoms with Crippen LogP contribution in [-0.2, 0) is 14.8 Å². The van der Waals surface area contributed by atoms with Gasteiger partial charge in [-0.15, -0.1) is 0 Å². The molecule has 0 spiro atoms. The van der Waals surface area contributed by atoms with Gasteiger partial charge in [-0.05, 0) is 62.7 Å². The highest BCUT2D eigenvalue weighted by Gasteiger charge is 2.27. The van der Waals surface area contributed by atoms with Gasteiger partial charge in [0.15, 0.2) is 0 Å². The molecule has 1 aliphatic rings. The van der Waals surface area contributed by atoms with Gasteiger partial charge in [-0.25, -0.2) is 13.2 Å². The smallest absolute Gasteiger partial charge is 0.321 e. The summed E-state index contributed by atoms with van der Waals surface area (Å²) in [5, 5.41) is 2.84. The molecule has 3 amide bonds. The van der Waals surface area contributed by atoms with Crippen molar-refractivity contribution in [2.45, 2.75) is 26.9 Å². The van der Waals surface area contributed by atoms with E-state index in [4.69, 9.17) is 4.74 Å². The van der Waals surface area contributed by atoms with Gasteiger partial charge in [0.25, 0.3) is 0 Å². The van der Waals surface area contributed by atoms with Crippen molar-refractivity contribution in [3.63, 3.8) is 0 Å². The molecule has 0 aromatic heterocycles. The minimum atomic E-state index is -3.87. The molecule has 2 N–H and O–H groups in total. The number of benzene rings is 2. The van der Waals surface area contributed by atoms with Gasteiger partial charge in [0, 0.05) is 37.6 Å². The van der Waals surface area contributed by atoms with E-state index in [1.807, 2.05) is 45.0 Å².